The van der Waals surface area contributed by atoms with E-state index in [1.807, 2.05) is 25.7 Å². The Balaban J connectivity index is 2.10. The summed E-state index contributed by atoms with van der Waals surface area (Å²) in [6.45, 7) is 8.49. The molecule has 0 saturated carbocycles. The van der Waals surface area contributed by atoms with Gasteiger partial charge in [0.25, 0.3) is 0 Å². The average molecular weight is 453 g/mol. The van der Waals surface area contributed by atoms with Crippen molar-refractivity contribution in [3.63, 3.8) is 0 Å². The summed E-state index contributed by atoms with van der Waals surface area (Å²) in [4.78, 5) is 30.8. The van der Waals surface area contributed by atoms with Gasteiger partial charge in [0, 0.05) is 40.3 Å². The zero-order chi connectivity index (χ0) is 23.2. The highest BCUT2D eigenvalue weighted by atomic mass is 32.2. The van der Waals surface area contributed by atoms with Gasteiger partial charge in [0.2, 0.25) is 21.8 Å². The standard InChI is InChI=1S/C22H36N4O4S/c1-17(2)15-20(23-31(29,30)19-9-7-18(3)8-10-19)22(28)26-12-6-11-25(13-14-26)16-21(27)24(4)5/h7-10,17,20,23H,6,11-16H2,1-5H3. The van der Waals surface area contributed by atoms with Crippen molar-refractivity contribution in [2.45, 2.75) is 44.6 Å². The first-order valence-electron chi connectivity index (χ1n) is 10.8. The van der Waals surface area contributed by atoms with E-state index in [0.29, 0.717) is 32.6 Å². The number of hydrogen-bond donors (Lipinski definition) is 1. The molecule has 1 aromatic carbocycles. The number of benzene rings is 1. The fourth-order valence-corrected chi connectivity index (χ4v) is 4.75. The lowest BCUT2D eigenvalue weighted by atomic mass is 10.0. The van der Waals surface area contributed by atoms with Crippen LogP contribution in [0.2, 0.25) is 0 Å². The van der Waals surface area contributed by atoms with Crippen molar-refractivity contribution in [3.05, 3.63) is 29.8 Å². The van der Waals surface area contributed by atoms with Crippen molar-refractivity contribution in [1.29, 1.82) is 0 Å². The number of nitrogens with zero attached hydrogens (tertiary/aromatic N) is 3. The molecular formula is C22H36N4O4S. The minimum absolute atomic E-state index is 0.0309. The lowest BCUT2D eigenvalue weighted by Gasteiger charge is -2.28. The maximum Gasteiger partial charge on any atom is 0.241 e. The van der Waals surface area contributed by atoms with Crippen molar-refractivity contribution < 1.29 is 18.0 Å². The molecule has 8 nitrogen and oxygen atoms in total. The molecule has 31 heavy (non-hydrogen) atoms. The van der Waals surface area contributed by atoms with Crippen LogP contribution in [0.25, 0.3) is 0 Å². The van der Waals surface area contributed by atoms with Crippen molar-refractivity contribution in [2.75, 3.05) is 46.8 Å². The van der Waals surface area contributed by atoms with Gasteiger partial charge in [-0.1, -0.05) is 31.5 Å². The number of aryl methyl sites for hydroxylation is 1. The van der Waals surface area contributed by atoms with Crippen LogP contribution in [0.4, 0.5) is 0 Å². The maximum absolute atomic E-state index is 13.3. The lowest BCUT2D eigenvalue weighted by molar-refractivity contribution is -0.133. The molecule has 1 N–H and O–H groups in total. The summed E-state index contributed by atoms with van der Waals surface area (Å²) in [5.41, 5.74) is 0.968. The quantitative estimate of drug-likeness (QED) is 0.642. The van der Waals surface area contributed by atoms with Gasteiger partial charge in [0.1, 0.15) is 6.04 Å². The highest BCUT2D eigenvalue weighted by molar-refractivity contribution is 7.89. The molecule has 1 saturated heterocycles. The number of carbonyl (C=O) groups excluding carboxylic acids is 2. The SMILES string of the molecule is Cc1ccc(S(=O)(=O)NC(CC(C)C)C(=O)N2CCCN(CC(=O)N(C)C)CC2)cc1. The molecule has 2 rings (SSSR count). The summed E-state index contributed by atoms with van der Waals surface area (Å²) < 4.78 is 28.4. The lowest BCUT2D eigenvalue weighted by Crippen LogP contribution is -2.50. The van der Waals surface area contributed by atoms with E-state index < -0.39 is 16.1 Å². The second kappa shape index (κ2) is 11.1. The molecule has 0 spiro atoms. The summed E-state index contributed by atoms with van der Waals surface area (Å²) in [6.07, 6.45) is 1.16. The highest BCUT2D eigenvalue weighted by Gasteiger charge is 2.31. The third-order valence-electron chi connectivity index (χ3n) is 5.39. The van der Waals surface area contributed by atoms with Crippen molar-refractivity contribution >= 4 is 21.8 Å². The Kier molecular flexibility index (Phi) is 9.02. The smallest absolute Gasteiger partial charge is 0.241 e. The molecule has 0 aliphatic carbocycles. The van der Waals surface area contributed by atoms with Gasteiger partial charge < -0.3 is 9.80 Å². The summed E-state index contributed by atoms with van der Waals surface area (Å²) in [7, 11) is -0.351. The number of sulfonamides is 1. The van der Waals surface area contributed by atoms with E-state index in [9.17, 15) is 18.0 Å². The van der Waals surface area contributed by atoms with Gasteiger partial charge in [-0.3, -0.25) is 14.5 Å². The predicted octanol–water partition coefficient (Wildman–Crippen LogP) is 1.31. The molecule has 174 valence electrons. The number of amides is 2. The molecule has 0 aromatic heterocycles. The second-order valence-electron chi connectivity index (χ2n) is 8.86. The van der Waals surface area contributed by atoms with Crippen LogP contribution in [0.15, 0.2) is 29.2 Å². The van der Waals surface area contributed by atoms with E-state index >= 15 is 0 Å². The Morgan fingerprint density at radius 3 is 2.29 bits per heavy atom. The van der Waals surface area contributed by atoms with Crippen LogP contribution >= 0.6 is 0 Å². The topological polar surface area (TPSA) is 90.0 Å². The van der Waals surface area contributed by atoms with E-state index in [4.69, 9.17) is 0 Å². The normalized spacial score (nSPS) is 16.8. The first kappa shape index (κ1) is 25.3. The van der Waals surface area contributed by atoms with Crippen molar-refractivity contribution in [3.8, 4) is 0 Å². The fourth-order valence-electron chi connectivity index (χ4n) is 3.55. The molecule has 1 heterocycles. The highest BCUT2D eigenvalue weighted by Crippen LogP contribution is 2.16. The Labute approximate surface area is 186 Å². The van der Waals surface area contributed by atoms with E-state index in [0.717, 1.165) is 18.5 Å². The molecule has 2 amide bonds. The number of nitrogens with one attached hydrogen (secondary N) is 1. The van der Waals surface area contributed by atoms with Gasteiger partial charge in [-0.15, -0.1) is 0 Å². The summed E-state index contributed by atoms with van der Waals surface area (Å²) in [5, 5.41) is 0. The van der Waals surface area contributed by atoms with Gasteiger partial charge >= 0.3 is 0 Å². The molecule has 9 heteroatoms. The molecule has 1 aliphatic heterocycles. The predicted molar refractivity (Wildman–Crippen MR) is 121 cm³/mol. The summed E-state index contributed by atoms with van der Waals surface area (Å²) in [6, 6.07) is 5.78. The Morgan fingerprint density at radius 2 is 1.71 bits per heavy atom. The van der Waals surface area contributed by atoms with E-state index in [1.54, 1.807) is 48.2 Å². The van der Waals surface area contributed by atoms with Gasteiger partial charge in [0.15, 0.2) is 0 Å². The first-order chi connectivity index (χ1) is 14.5. The molecule has 1 aromatic rings. The Morgan fingerprint density at radius 1 is 1.06 bits per heavy atom. The molecular weight excluding hydrogens is 416 g/mol. The van der Waals surface area contributed by atoms with Crippen LogP contribution in [-0.4, -0.2) is 87.8 Å². The number of likely N-dealkylation sites (N-methyl/N-ethyl adjacent to an activating group) is 1. The van der Waals surface area contributed by atoms with Gasteiger partial charge in [-0.25, -0.2) is 8.42 Å². The Bertz CT molecular complexity index is 853. The number of rotatable bonds is 8. The maximum atomic E-state index is 13.3. The zero-order valence-electron chi connectivity index (χ0n) is 19.3. The van der Waals surface area contributed by atoms with Crippen molar-refractivity contribution in [1.82, 2.24) is 19.4 Å². The van der Waals surface area contributed by atoms with Gasteiger partial charge in [0.05, 0.1) is 11.4 Å². The molecule has 1 atom stereocenters. The molecule has 1 fully saturated rings. The van der Waals surface area contributed by atoms with Crippen LogP contribution in [0.1, 0.15) is 32.3 Å². The van der Waals surface area contributed by atoms with Crippen LogP contribution in [0, 0.1) is 12.8 Å². The minimum atomic E-state index is -3.81. The Hall–Kier alpha value is -1.97. The van der Waals surface area contributed by atoms with E-state index in [1.165, 1.54) is 0 Å². The molecule has 1 aliphatic rings. The largest absolute Gasteiger partial charge is 0.348 e. The van der Waals surface area contributed by atoms with E-state index in [2.05, 4.69) is 4.72 Å². The molecule has 0 bridgehead atoms. The second-order valence-corrected chi connectivity index (χ2v) is 10.6. The van der Waals surface area contributed by atoms with Gasteiger partial charge in [-0.2, -0.15) is 4.72 Å². The number of carbonyl (C=O) groups is 2. The van der Waals surface area contributed by atoms with Crippen LogP contribution in [0.5, 0.6) is 0 Å². The first-order valence-corrected chi connectivity index (χ1v) is 12.3. The fraction of sp³-hybridized carbons (Fsp3) is 0.636. The molecule has 0 radical (unpaired) electrons. The summed E-state index contributed by atoms with van der Waals surface area (Å²) >= 11 is 0. The molecule has 1 unspecified atom stereocenters. The van der Waals surface area contributed by atoms with Crippen LogP contribution in [0.3, 0.4) is 0 Å². The van der Waals surface area contributed by atoms with Gasteiger partial charge in [-0.05, 0) is 37.8 Å². The number of hydrogen-bond acceptors (Lipinski definition) is 5. The average Bonchev–Trinajstić information content (AvgIpc) is 2.92. The minimum Gasteiger partial charge on any atom is -0.348 e. The van der Waals surface area contributed by atoms with Crippen LogP contribution in [-0.2, 0) is 19.6 Å². The monoisotopic (exact) mass is 452 g/mol. The summed E-state index contributed by atoms with van der Waals surface area (Å²) in [5.74, 6) is -0.0238. The van der Waals surface area contributed by atoms with E-state index in [-0.39, 0.29) is 22.6 Å². The van der Waals surface area contributed by atoms with Crippen LogP contribution < -0.4 is 4.72 Å². The third kappa shape index (κ3) is 7.59. The zero-order valence-corrected chi connectivity index (χ0v) is 20.1. The van der Waals surface area contributed by atoms with Crippen molar-refractivity contribution in [2.24, 2.45) is 5.92 Å². The third-order valence-corrected chi connectivity index (χ3v) is 6.88.